The lowest BCUT2D eigenvalue weighted by molar-refractivity contribution is -0.384. The van der Waals surface area contributed by atoms with Gasteiger partial charge in [0.25, 0.3) is 5.69 Å². The monoisotopic (exact) mass is 372 g/mol. The number of hydrogen-bond donors (Lipinski definition) is 1. The Bertz CT molecular complexity index is 916. The molecular weight excluding hydrogens is 358 g/mol. The van der Waals surface area contributed by atoms with Gasteiger partial charge in [-0.1, -0.05) is 11.8 Å². The molecule has 2 rings (SSSR count). The van der Waals surface area contributed by atoms with E-state index in [1.807, 2.05) is 0 Å². The summed E-state index contributed by atoms with van der Waals surface area (Å²) in [5.41, 5.74) is 0.603. The molecule has 0 spiro atoms. The first-order valence-electron chi connectivity index (χ1n) is 7.69. The Kier molecular flexibility index (Phi) is 7.02. The number of ether oxygens (including phenoxy) is 1. The zero-order valence-electron chi connectivity index (χ0n) is 13.9. The van der Waals surface area contributed by atoms with Gasteiger partial charge in [0.15, 0.2) is 11.6 Å². The van der Waals surface area contributed by atoms with Crippen molar-refractivity contribution >= 4 is 17.7 Å². The van der Waals surface area contributed by atoms with Crippen molar-refractivity contribution < 1.29 is 23.2 Å². The number of amides is 1. The van der Waals surface area contributed by atoms with Gasteiger partial charge in [0.1, 0.15) is 12.4 Å². The summed E-state index contributed by atoms with van der Waals surface area (Å²) >= 11 is 0. The number of carbonyl (C=O) groups excluding carboxylic acids is 1. The molecule has 0 bridgehead atoms. The molecule has 0 unspecified atom stereocenters. The van der Waals surface area contributed by atoms with E-state index in [0.29, 0.717) is 11.6 Å². The first-order valence-corrected chi connectivity index (χ1v) is 7.69. The fraction of sp³-hybridized carbons (Fsp3) is 0.105. The number of nitrogens with zero attached hydrogens (tertiary/aromatic N) is 1. The predicted octanol–water partition coefficient (Wildman–Crippen LogP) is 3.08. The minimum Gasteiger partial charge on any atom is -0.478 e. The fourth-order valence-corrected chi connectivity index (χ4v) is 1.89. The lowest BCUT2D eigenvalue weighted by atomic mass is 10.2. The number of non-ortho nitro benzene ring substituents is 1. The van der Waals surface area contributed by atoms with Crippen LogP contribution in [-0.4, -0.2) is 24.0 Å². The molecule has 0 aromatic heterocycles. The van der Waals surface area contributed by atoms with E-state index in [4.69, 9.17) is 4.74 Å². The number of nitrogens with one attached hydrogen (secondary N) is 1. The van der Waals surface area contributed by atoms with Gasteiger partial charge in [0.2, 0.25) is 5.91 Å². The van der Waals surface area contributed by atoms with Crippen molar-refractivity contribution in [2.24, 2.45) is 0 Å². The molecule has 6 nitrogen and oxygen atoms in total. The Hall–Kier alpha value is -3.73. The third-order valence-electron chi connectivity index (χ3n) is 3.20. The summed E-state index contributed by atoms with van der Waals surface area (Å²) in [6.45, 7) is -0.0598. The molecule has 0 saturated heterocycles. The topological polar surface area (TPSA) is 81.5 Å². The van der Waals surface area contributed by atoms with Crippen LogP contribution < -0.4 is 10.1 Å². The number of nitro benzene ring substituents is 1. The van der Waals surface area contributed by atoms with Gasteiger partial charge in [0.05, 0.1) is 11.5 Å². The third-order valence-corrected chi connectivity index (χ3v) is 3.20. The predicted molar refractivity (Wildman–Crippen MR) is 94.8 cm³/mol. The van der Waals surface area contributed by atoms with Gasteiger partial charge in [-0.2, -0.15) is 0 Å². The Morgan fingerprint density at radius 3 is 2.59 bits per heavy atom. The van der Waals surface area contributed by atoms with Gasteiger partial charge in [-0.05, 0) is 35.9 Å². The normalized spacial score (nSPS) is 10.1. The van der Waals surface area contributed by atoms with Crippen molar-refractivity contribution in [2.75, 3.05) is 13.2 Å². The van der Waals surface area contributed by atoms with E-state index in [1.54, 1.807) is 0 Å². The highest BCUT2D eigenvalue weighted by molar-refractivity contribution is 5.91. The largest absolute Gasteiger partial charge is 0.478 e. The Balaban J connectivity index is 1.73. The first-order chi connectivity index (χ1) is 13.0. The number of rotatable bonds is 6. The van der Waals surface area contributed by atoms with Crippen LogP contribution in [0.15, 0.2) is 48.5 Å². The maximum Gasteiger partial charge on any atom is 0.269 e. The molecule has 27 heavy (non-hydrogen) atoms. The van der Waals surface area contributed by atoms with Gasteiger partial charge in [0, 0.05) is 24.3 Å². The molecule has 2 aromatic carbocycles. The van der Waals surface area contributed by atoms with E-state index in [-0.39, 0.29) is 24.6 Å². The number of benzene rings is 2. The lowest BCUT2D eigenvalue weighted by Crippen LogP contribution is -2.21. The Morgan fingerprint density at radius 2 is 1.93 bits per heavy atom. The molecule has 0 heterocycles. The SMILES string of the molecule is O=C(/C=C/c1ccc([N+](=O)[O-])cc1)NCC#CCOc1ccc(F)cc1F. The summed E-state index contributed by atoms with van der Waals surface area (Å²) in [6.07, 6.45) is 2.78. The maximum atomic E-state index is 13.3. The minimum absolute atomic E-state index is 0.0328. The second kappa shape index (κ2) is 9.68. The zero-order chi connectivity index (χ0) is 19.6. The van der Waals surface area contributed by atoms with Gasteiger partial charge in [-0.3, -0.25) is 14.9 Å². The molecule has 138 valence electrons. The smallest absolute Gasteiger partial charge is 0.269 e. The molecular formula is C19H14F2N2O4. The summed E-state index contributed by atoms with van der Waals surface area (Å²) in [4.78, 5) is 21.7. The number of nitro groups is 1. The van der Waals surface area contributed by atoms with E-state index in [9.17, 15) is 23.7 Å². The molecule has 1 amide bonds. The van der Waals surface area contributed by atoms with Crippen molar-refractivity contribution in [3.05, 3.63) is 75.9 Å². The minimum atomic E-state index is -0.818. The van der Waals surface area contributed by atoms with Crippen molar-refractivity contribution in [1.29, 1.82) is 0 Å². The summed E-state index contributed by atoms with van der Waals surface area (Å²) in [5, 5.41) is 13.1. The average Bonchev–Trinajstić information content (AvgIpc) is 2.64. The molecule has 8 heteroatoms. The second-order valence-corrected chi connectivity index (χ2v) is 5.12. The number of halogens is 2. The highest BCUT2D eigenvalue weighted by Crippen LogP contribution is 2.17. The summed E-state index contributed by atoms with van der Waals surface area (Å²) in [6, 6.07) is 8.67. The quantitative estimate of drug-likeness (QED) is 0.366. The van der Waals surface area contributed by atoms with Crippen molar-refractivity contribution in [2.45, 2.75) is 0 Å². The van der Waals surface area contributed by atoms with Crippen LogP contribution in [0.3, 0.4) is 0 Å². The van der Waals surface area contributed by atoms with Gasteiger partial charge in [-0.15, -0.1) is 0 Å². The van der Waals surface area contributed by atoms with Crippen molar-refractivity contribution in [1.82, 2.24) is 5.32 Å². The molecule has 0 aliphatic heterocycles. The molecule has 2 aromatic rings. The highest BCUT2D eigenvalue weighted by Gasteiger charge is 2.04. The first kappa shape index (κ1) is 19.6. The molecule has 0 radical (unpaired) electrons. The Labute approximate surface area is 153 Å². The molecule has 0 atom stereocenters. The lowest BCUT2D eigenvalue weighted by Gasteiger charge is -2.02. The van der Waals surface area contributed by atoms with Crippen LogP contribution in [-0.2, 0) is 4.79 Å². The van der Waals surface area contributed by atoms with E-state index >= 15 is 0 Å². The van der Waals surface area contributed by atoms with E-state index < -0.39 is 22.5 Å². The van der Waals surface area contributed by atoms with Gasteiger partial charge >= 0.3 is 0 Å². The number of carbonyl (C=O) groups is 1. The highest BCUT2D eigenvalue weighted by atomic mass is 19.1. The van der Waals surface area contributed by atoms with Crippen LogP contribution in [0, 0.1) is 33.6 Å². The number of hydrogen-bond acceptors (Lipinski definition) is 4. The Morgan fingerprint density at radius 1 is 1.19 bits per heavy atom. The zero-order valence-corrected chi connectivity index (χ0v) is 13.9. The van der Waals surface area contributed by atoms with Gasteiger partial charge in [-0.25, -0.2) is 8.78 Å². The van der Waals surface area contributed by atoms with Crippen LogP contribution in [0.5, 0.6) is 5.75 Å². The molecule has 0 fully saturated rings. The van der Waals surface area contributed by atoms with Gasteiger partial charge < -0.3 is 10.1 Å². The van der Waals surface area contributed by atoms with Crippen LogP contribution in [0.25, 0.3) is 6.08 Å². The standard InChI is InChI=1S/C19H14F2N2O4/c20-15-6-9-18(17(21)13-15)27-12-2-1-11-22-19(24)10-5-14-3-7-16(8-4-14)23(25)26/h3-10,13H,11-12H2,(H,22,24)/b10-5+. The van der Waals surface area contributed by atoms with Crippen LogP contribution in [0.2, 0.25) is 0 Å². The molecule has 0 saturated carbocycles. The summed E-state index contributed by atoms with van der Waals surface area (Å²) < 4.78 is 31.1. The van der Waals surface area contributed by atoms with Crippen LogP contribution in [0.4, 0.5) is 14.5 Å². The van der Waals surface area contributed by atoms with Crippen LogP contribution in [0.1, 0.15) is 5.56 Å². The van der Waals surface area contributed by atoms with Crippen LogP contribution >= 0.6 is 0 Å². The maximum absolute atomic E-state index is 13.3. The fourth-order valence-electron chi connectivity index (χ4n) is 1.89. The average molecular weight is 372 g/mol. The third kappa shape index (κ3) is 6.59. The van der Waals surface area contributed by atoms with E-state index in [1.165, 1.54) is 36.4 Å². The molecule has 0 aliphatic rings. The van der Waals surface area contributed by atoms with E-state index in [0.717, 1.165) is 12.1 Å². The second-order valence-electron chi connectivity index (χ2n) is 5.12. The van der Waals surface area contributed by atoms with Crippen molar-refractivity contribution in [3.63, 3.8) is 0 Å². The summed E-state index contributed by atoms with van der Waals surface area (Å²) in [7, 11) is 0. The van der Waals surface area contributed by atoms with E-state index in [2.05, 4.69) is 17.2 Å². The molecule has 1 N–H and O–H groups in total. The van der Waals surface area contributed by atoms with Crippen molar-refractivity contribution in [3.8, 4) is 17.6 Å². The molecule has 0 aliphatic carbocycles. The summed E-state index contributed by atoms with van der Waals surface area (Å²) in [5.74, 6) is 3.19.